The molecule has 0 aliphatic heterocycles. The van der Waals surface area contributed by atoms with Crippen molar-refractivity contribution in [3.8, 4) is 0 Å². The van der Waals surface area contributed by atoms with Crippen LogP contribution < -0.4 is 5.73 Å². The summed E-state index contributed by atoms with van der Waals surface area (Å²) in [6.45, 7) is 2.26. The van der Waals surface area contributed by atoms with Crippen molar-refractivity contribution < 1.29 is 0 Å². The Kier molecular flexibility index (Phi) is 8.49. The van der Waals surface area contributed by atoms with Crippen LogP contribution in [0.25, 0.3) is 0 Å². The zero-order valence-corrected chi connectivity index (χ0v) is 11.8. The molecule has 1 aromatic rings. The zero-order chi connectivity index (χ0) is 13.1. The molecular formula is C16H28N2. The molecule has 1 heterocycles. The number of nitrogens with zero attached hydrogens (tertiary/aromatic N) is 1. The van der Waals surface area contributed by atoms with Crippen molar-refractivity contribution in [2.45, 2.75) is 70.8 Å². The molecule has 18 heavy (non-hydrogen) atoms. The Morgan fingerprint density at radius 1 is 1.06 bits per heavy atom. The third kappa shape index (κ3) is 7.44. The molecule has 0 saturated heterocycles. The lowest BCUT2D eigenvalue weighted by Crippen LogP contribution is -2.23. The molecule has 2 N–H and O–H groups in total. The Labute approximate surface area is 112 Å². The highest BCUT2D eigenvalue weighted by molar-refractivity contribution is 5.04. The van der Waals surface area contributed by atoms with Crippen LogP contribution in [0.15, 0.2) is 24.4 Å². The Hall–Kier alpha value is -0.890. The van der Waals surface area contributed by atoms with E-state index in [1.807, 2.05) is 18.3 Å². The summed E-state index contributed by atoms with van der Waals surface area (Å²) >= 11 is 0. The molecule has 0 bridgehead atoms. The fourth-order valence-electron chi connectivity index (χ4n) is 2.25. The van der Waals surface area contributed by atoms with Crippen LogP contribution in [0.3, 0.4) is 0 Å². The number of hydrogen-bond donors (Lipinski definition) is 1. The van der Waals surface area contributed by atoms with Crippen LogP contribution in [0, 0.1) is 0 Å². The van der Waals surface area contributed by atoms with Gasteiger partial charge >= 0.3 is 0 Å². The number of rotatable bonds is 10. The molecule has 0 aliphatic rings. The molecule has 0 amide bonds. The standard InChI is InChI=1S/C16H28N2/c1-2-3-4-5-6-7-8-11-15(17)14-16-12-9-10-13-18-16/h9-10,12-13,15H,2-8,11,14,17H2,1H3. The van der Waals surface area contributed by atoms with Crippen molar-refractivity contribution in [1.82, 2.24) is 4.98 Å². The lowest BCUT2D eigenvalue weighted by Gasteiger charge is -2.10. The van der Waals surface area contributed by atoms with E-state index in [1.165, 1.54) is 44.9 Å². The second kappa shape index (κ2) is 10.1. The highest BCUT2D eigenvalue weighted by Crippen LogP contribution is 2.10. The van der Waals surface area contributed by atoms with E-state index in [9.17, 15) is 0 Å². The van der Waals surface area contributed by atoms with Gasteiger partial charge in [0.1, 0.15) is 0 Å². The van der Waals surface area contributed by atoms with Gasteiger partial charge in [0.05, 0.1) is 0 Å². The number of unbranched alkanes of at least 4 members (excludes halogenated alkanes) is 6. The molecule has 0 spiro atoms. The first-order valence-electron chi connectivity index (χ1n) is 7.48. The molecule has 0 radical (unpaired) electrons. The minimum atomic E-state index is 0.274. The highest BCUT2D eigenvalue weighted by Gasteiger charge is 2.04. The predicted octanol–water partition coefficient (Wildman–Crippen LogP) is 4.09. The number of nitrogens with two attached hydrogens (primary N) is 1. The van der Waals surface area contributed by atoms with E-state index < -0.39 is 0 Å². The molecule has 0 aromatic carbocycles. The summed E-state index contributed by atoms with van der Waals surface area (Å²) in [5, 5.41) is 0. The van der Waals surface area contributed by atoms with E-state index in [0.717, 1.165) is 18.5 Å². The Morgan fingerprint density at radius 2 is 1.78 bits per heavy atom. The van der Waals surface area contributed by atoms with Crippen molar-refractivity contribution in [2.75, 3.05) is 0 Å². The average molecular weight is 248 g/mol. The van der Waals surface area contributed by atoms with Crippen molar-refractivity contribution >= 4 is 0 Å². The first-order chi connectivity index (χ1) is 8.83. The summed E-state index contributed by atoms with van der Waals surface area (Å²) in [4.78, 5) is 4.32. The van der Waals surface area contributed by atoms with Gasteiger partial charge in [-0.05, 0) is 18.6 Å². The van der Waals surface area contributed by atoms with Crippen LogP contribution in [-0.4, -0.2) is 11.0 Å². The number of hydrogen-bond acceptors (Lipinski definition) is 2. The van der Waals surface area contributed by atoms with Crippen molar-refractivity contribution in [3.05, 3.63) is 30.1 Å². The topological polar surface area (TPSA) is 38.9 Å². The van der Waals surface area contributed by atoms with Gasteiger partial charge in [-0.1, -0.05) is 57.9 Å². The van der Waals surface area contributed by atoms with Gasteiger partial charge in [-0.25, -0.2) is 0 Å². The molecule has 1 aromatic heterocycles. The Balaban J connectivity index is 1.99. The maximum atomic E-state index is 6.13. The van der Waals surface area contributed by atoms with E-state index in [4.69, 9.17) is 5.73 Å². The summed E-state index contributed by atoms with van der Waals surface area (Å²) < 4.78 is 0. The van der Waals surface area contributed by atoms with E-state index in [1.54, 1.807) is 0 Å². The van der Waals surface area contributed by atoms with E-state index in [2.05, 4.69) is 18.0 Å². The van der Waals surface area contributed by atoms with Crippen LogP contribution in [0.4, 0.5) is 0 Å². The summed E-state index contributed by atoms with van der Waals surface area (Å²) in [7, 11) is 0. The van der Waals surface area contributed by atoms with Crippen LogP contribution in [0.5, 0.6) is 0 Å². The van der Waals surface area contributed by atoms with Gasteiger partial charge in [-0.15, -0.1) is 0 Å². The van der Waals surface area contributed by atoms with Gasteiger partial charge in [0.15, 0.2) is 0 Å². The first kappa shape index (κ1) is 15.2. The second-order valence-electron chi connectivity index (χ2n) is 5.20. The molecular weight excluding hydrogens is 220 g/mol. The molecule has 2 heteroatoms. The van der Waals surface area contributed by atoms with Crippen LogP contribution in [0.2, 0.25) is 0 Å². The smallest absolute Gasteiger partial charge is 0.0419 e. The third-order valence-electron chi connectivity index (χ3n) is 3.38. The lowest BCUT2D eigenvalue weighted by atomic mass is 10.0. The quantitative estimate of drug-likeness (QED) is 0.633. The third-order valence-corrected chi connectivity index (χ3v) is 3.38. The molecule has 1 rings (SSSR count). The van der Waals surface area contributed by atoms with Crippen molar-refractivity contribution in [3.63, 3.8) is 0 Å². The summed E-state index contributed by atoms with van der Waals surface area (Å²) in [6, 6.07) is 6.31. The first-order valence-corrected chi connectivity index (χ1v) is 7.48. The normalized spacial score (nSPS) is 12.6. The molecule has 0 fully saturated rings. The highest BCUT2D eigenvalue weighted by atomic mass is 14.7. The van der Waals surface area contributed by atoms with E-state index >= 15 is 0 Å². The van der Waals surface area contributed by atoms with Crippen molar-refractivity contribution in [1.29, 1.82) is 0 Å². The average Bonchev–Trinajstić information content (AvgIpc) is 2.39. The lowest BCUT2D eigenvalue weighted by molar-refractivity contribution is 0.525. The largest absolute Gasteiger partial charge is 0.327 e. The second-order valence-corrected chi connectivity index (χ2v) is 5.20. The fraction of sp³-hybridized carbons (Fsp3) is 0.688. The summed E-state index contributed by atoms with van der Waals surface area (Å²) in [5.74, 6) is 0. The molecule has 1 unspecified atom stereocenters. The minimum absolute atomic E-state index is 0.274. The van der Waals surface area contributed by atoms with Gasteiger partial charge in [0.25, 0.3) is 0 Å². The number of pyridine rings is 1. The predicted molar refractivity (Wildman–Crippen MR) is 78.5 cm³/mol. The molecule has 1 atom stereocenters. The number of aromatic nitrogens is 1. The molecule has 2 nitrogen and oxygen atoms in total. The van der Waals surface area contributed by atoms with Crippen molar-refractivity contribution in [2.24, 2.45) is 5.73 Å². The van der Waals surface area contributed by atoms with E-state index in [0.29, 0.717) is 0 Å². The van der Waals surface area contributed by atoms with Gasteiger partial charge in [-0.3, -0.25) is 4.98 Å². The Morgan fingerprint density at radius 3 is 2.44 bits per heavy atom. The Bertz CT molecular complexity index is 284. The van der Waals surface area contributed by atoms with Gasteiger partial charge in [0.2, 0.25) is 0 Å². The van der Waals surface area contributed by atoms with Gasteiger partial charge in [0, 0.05) is 24.4 Å². The van der Waals surface area contributed by atoms with Crippen LogP contribution in [-0.2, 0) is 6.42 Å². The van der Waals surface area contributed by atoms with Crippen LogP contribution in [0.1, 0.15) is 64.0 Å². The molecule has 0 aliphatic carbocycles. The monoisotopic (exact) mass is 248 g/mol. The summed E-state index contributed by atoms with van der Waals surface area (Å²) in [5.41, 5.74) is 7.25. The SMILES string of the molecule is CCCCCCCCCC(N)Cc1ccccn1. The molecule has 0 saturated carbocycles. The van der Waals surface area contributed by atoms with Gasteiger partial charge in [-0.2, -0.15) is 0 Å². The minimum Gasteiger partial charge on any atom is -0.327 e. The van der Waals surface area contributed by atoms with Crippen LogP contribution >= 0.6 is 0 Å². The maximum Gasteiger partial charge on any atom is 0.0419 e. The van der Waals surface area contributed by atoms with E-state index in [-0.39, 0.29) is 6.04 Å². The summed E-state index contributed by atoms with van der Waals surface area (Å²) in [6.07, 6.45) is 13.4. The zero-order valence-electron chi connectivity index (χ0n) is 11.8. The maximum absolute atomic E-state index is 6.13. The molecule has 102 valence electrons. The fourth-order valence-corrected chi connectivity index (χ4v) is 2.25. The van der Waals surface area contributed by atoms with Gasteiger partial charge < -0.3 is 5.73 Å².